The van der Waals surface area contributed by atoms with Gasteiger partial charge in [-0.05, 0) is 48.9 Å². The maximum Gasteiger partial charge on any atom is 0.573 e. The zero-order chi connectivity index (χ0) is 21.1. The van der Waals surface area contributed by atoms with E-state index in [4.69, 9.17) is 0 Å². The number of benzene rings is 1. The van der Waals surface area contributed by atoms with Gasteiger partial charge in [-0.1, -0.05) is 12.1 Å². The van der Waals surface area contributed by atoms with E-state index < -0.39 is 6.36 Å². The van der Waals surface area contributed by atoms with Crippen LogP contribution >= 0.6 is 0 Å². The highest BCUT2D eigenvalue weighted by atomic mass is 19.4. The fourth-order valence-corrected chi connectivity index (χ4v) is 3.07. The van der Waals surface area contributed by atoms with Crippen molar-refractivity contribution in [3.8, 4) is 17.0 Å². The Hall–Kier alpha value is -3.62. The summed E-state index contributed by atoms with van der Waals surface area (Å²) in [5.74, 6) is 0.326. The summed E-state index contributed by atoms with van der Waals surface area (Å²) < 4.78 is 43.2. The molecular weight excluding hydrogens is 395 g/mol. The van der Waals surface area contributed by atoms with Gasteiger partial charge in [0.2, 0.25) is 0 Å². The molecule has 0 saturated carbocycles. The molecule has 0 aliphatic heterocycles. The van der Waals surface area contributed by atoms with Crippen molar-refractivity contribution in [2.75, 3.05) is 11.9 Å². The molecule has 1 aromatic carbocycles. The first kappa shape index (κ1) is 19.7. The number of aryl methyl sites for hydroxylation is 1. The van der Waals surface area contributed by atoms with Gasteiger partial charge in [-0.25, -0.2) is 9.50 Å². The number of alkyl halides is 3. The number of anilines is 1. The summed E-state index contributed by atoms with van der Waals surface area (Å²) in [6.07, 6.45) is -0.673. The van der Waals surface area contributed by atoms with E-state index in [0.717, 1.165) is 17.7 Å². The lowest BCUT2D eigenvalue weighted by Gasteiger charge is -2.10. The third-order valence-corrected chi connectivity index (χ3v) is 4.39. The standard InChI is InChI=1S/C21H18F3N5O/c1-14-7-9-25-16(11-14)8-10-26-19-5-6-20-27-13-18(29(20)28-19)15-3-2-4-17(12-15)30-21(22,23)24/h2-7,9,11-13H,8,10H2,1H3,(H,26,28). The molecule has 6 nitrogen and oxygen atoms in total. The van der Waals surface area contributed by atoms with Crippen LogP contribution in [0, 0.1) is 6.92 Å². The zero-order valence-corrected chi connectivity index (χ0v) is 16.0. The van der Waals surface area contributed by atoms with Crippen LogP contribution in [-0.2, 0) is 6.42 Å². The zero-order valence-electron chi connectivity index (χ0n) is 16.0. The molecule has 0 saturated heterocycles. The third-order valence-electron chi connectivity index (χ3n) is 4.39. The van der Waals surface area contributed by atoms with E-state index in [-0.39, 0.29) is 5.75 Å². The fraction of sp³-hybridized carbons (Fsp3) is 0.190. The Kier molecular flexibility index (Phi) is 5.26. The minimum absolute atomic E-state index is 0.296. The molecule has 0 aliphatic carbocycles. The smallest absolute Gasteiger partial charge is 0.406 e. The highest BCUT2D eigenvalue weighted by Gasteiger charge is 2.31. The van der Waals surface area contributed by atoms with Gasteiger partial charge >= 0.3 is 6.36 Å². The van der Waals surface area contributed by atoms with E-state index in [0.29, 0.717) is 29.3 Å². The summed E-state index contributed by atoms with van der Waals surface area (Å²) in [5.41, 5.74) is 3.78. The Morgan fingerprint density at radius 3 is 2.73 bits per heavy atom. The first-order chi connectivity index (χ1) is 14.4. The summed E-state index contributed by atoms with van der Waals surface area (Å²) in [4.78, 5) is 8.61. The molecule has 0 spiro atoms. The number of fused-ring (bicyclic) bond motifs is 1. The van der Waals surface area contributed by atoms with Crippen LogP contribution < -0.4 is 10.1 Å². The molecule has 154 valence electrons. The Balaban J connectivity index is 1.54. The lowest BCUT2D eigenvalue weighted by Crippen LogP contribution is -2.17. The van der Waals surface area contributed by atoms with Crippen LogP contribution in [0.15, 0.2) is 60.9 Å². The fourth-order valence-electron chi connectivity index (χ4n) is 3.07. The number of rotatable bonds is 6. The molecule has 9 heteroatoms. The quantitative estimate of drug-likeness (QED) is 0.498. The largest absolute Gasteiger partial charge is 0.573 e. The summed E-state index contributed by atoms with van der Waals surface area (Å²) in [6, 6.07) is 13.3. The molecule has 4 rings (SSSR count). The number of hydrogen-bond acceptors (Lipinski definition) is 5. The SMILES string of the molecule is Cc1ccnc(CCNc2ccc3ncc(-c4cccc(OC(F)(F)F)c4)n3n2)c1. The Labute approximate surface area is 170 Å². The number of pyridine rings is 1. The van der Waals surface area contributed by atoms with Crippen molar-refractivity contribution >= 4 is 11.5 Å². The van der Waals surface area contributed by atoms with Crippen molar-refractivity contribution in [3.63, 3.8) is 0 Å². The van der Waals surface area contributed by atoms with Gasteiger partial charge in [-0.2, -0.15) is 0 Å². The Bertz CT molecular complexity index is 1170. The molecule has 0 fully saturated rings. The summed E-state index contributed by atoms with van der Waals surface area (Å²) in [7, 11) is 0. The number of imidazole rings is 1. The van der Waals surface area contributed by atoms with Crippen molar-refractivity contribution in [1.82, 2.24) is 19.6 Å². The monoisotopic (exact) mass is 413 g/mol. The van der Waals surface area contributed by atoms with Crippen LogP contribution in [0.4, 0.5) is 19.0 Å². The number of aromatic nitrogens is 4. The topological polar surface area (TPSA) is 64.3 Å². The Morgan fingerprint density at radius 1 is 1.07 bits per heavy atom. The van der Waals surface area contributed by atoms with Gasteiger partial charge in [0.25, 0.3) is 0 Å². The van der Waals surface area contributed by atoms with Crippen LogP contribution in [0.1, 0.15) is 11.3 Å². The second kappa shape index (κ2) is 8.02. The second-order valence-corrected chi connectivity index (χ2v) is 6.71. The van der Waals surface area contributed by atoms with Gasteiger partial charge in [0.15, 0.2) is 5.65 Å². The van der Waals surface area contributed by atoms with Crippen LogP contribution in [0.2, 0.25) is 0 Å². The predicted octanol–water partition coefficient (Wildman–Crippen LogP) is 4.65. The number of nitrogens with zero attached hydrogens (tertiary/aromatic N) is 4. The summed E-state index contributed by atoms with van der Waals surface area (Å²) >= 11 is 0. The molecule has 3 aromatic heterocycles. The number of hydrogen-bond donors (Lipinski definition) is 1. The molecule has 4 aromatic rings. The molecule has 30 heavy (non-hydrogen) atoms. The van der Waals surface area contributed by atoms with Crippen LogP contribution in [0.3, 0.4) is 0 Å². The number of nitrogens with one attached hydrogen (secondary N) is 1. The van der Waals surface area contributed by atoms with Gasteiger partial charge in [0, 0.05) is 30.4 Å². The third kappa shape index (κ3) is 4.68. The average Bonchev–Trinajstić information content (AvgIpc) is 3.10. The van der Waals surface area contributed by atoms with Crippen molar-refractivity contribution < 1.29 is 17.9 Å². The maximum atomic E-state index is 12.5. The predicted molar refractivity (Wildman–Crippen MR) is 106 cm³/mol. The van der Waals surface area contributed by atoms with Gasteiger partial charge < -0.3 is 10.1 Å². The van der Waals surface area contributed by atoms with Crippen LogP contribution in [0.25, 0.3) is 16.9 Å². The summed E-state index contributed by atoms with van der Waals surface area (Å²) in [6.45, 7) is 2.65. The second-order valence-electron chi connectivity index (χ2n) is 6.71. The first-order valence-electron chi connectivity index (χ1n) is 9.24. The molecular formula is C21H18F3N5O. The first-order valence-corrected chi connectivity index (χ1v) is 9.24. The Morgan fingerprint density at radius 2 is 1.93 bits per heavy atom. The average molecular weight is 413 g/mol. The molecule has 0 radical (unpaired) electrons. The van der Waals surface area contributed by atoms with Crippen LogP contribution in [-0.4, -0.2) is 32.5 Å². The van der Waals surface area contributed by atoms with Crippen molar-refractivity contribution in [2.45, 2.75) is 19.7 Å². The number of ether oxygens (including phenoxy) is 1. The van der Waals surface area contributed by atoms with Crippen molar-refractivity contribution in [3.05, 3.63) is 72.2 Å². The normalized spacial score (nSPS) is 11.6. The molecule has 0 bridgehead atoms. The molecule has 0 atom stereocenters. The molecule has 1 N–H and O–H groups in total. The highest BCUT2D eigenvalue weighted by Crippen LogP contribution is 2.28. The van der Waals surface area contributed by atoms with Gasteiger partial charge in [0.1, 0.15) is 11.6 Å². The maximum absolute atomic E-state index is 12.5. The van der Waals surface area contributed by atoms with Crippen molar-refractivity contribution in [2.24, 2.45) is 0 Å². The highest BCUT2D eigenvalue weighted by molar-refractivity contribution is 5.65. The van der Waals surface area contributed by atoms with E-state index in [1.165, 1.54) is 18.2 Å². The minimum atomic E-state index is -4.75. The van der Waals surface area contributed by atoms with Gasteiger partial charge in [-0.3, -0.25) is 4.98 Å². The van der Waals surface area contributed by atoms with E-state index in [2.05, 4.69) is 25.1 Å². The molecule has 0 aliphatic rings. The molecule has 0 unspecified atom stereocenters. The molecule has 3 heterocycles. The lowest BCUT2D eigenvalue weighted by atomic mass is 10.1. The lowest BCUT2D eigenvalue weighted by molar-refractivity contribution is -0.274. The number of halogens is 3. The van der Waals surface area contributed by atoms with Crippen molar-refractivity contribution in [1.29, 1.82) is 0 Å². The van der Waals surface area contributed by atoms with Gasteiger partial charge in [-0.15, -0.1) is 18.3 Å². The van der Waals surface area contributed by atoms with E-state index in [1.807, 2.05) is 19.1 Å². The molecule has 0 amide bonds. The van der Waals surface area contributed by atoms with Gasteiger partial charge in [0.05, 0.1) is 11.9 Å². The van der Waals surface area contributed by atoms with E-state index in [9.17, 15) is 13.2 Å². The van der Waals surface area contributed by atoms with Crippen LogP contribution in [0.5, 0.6) is 5.75 Å². The van der Waals surface area contributed by atoms with E-state index in [1.54, 1.807) is 35.1 Å². The summed E-state index contributed by atoms with van der Waals surface area (Å²) in [5, 5.41) is 7.77. The minimum Gasteiger partial charge on any atom is -0.406 e. The van der Waals surface area contributed by atoms with E-state index >= 15 is 0 Å².